The summed E-state index contributed by atoms with van der Waals surface area (Å²) in [5.41, 5.74) is 1.27. The summed E-state index contributed by atoms with van der Waals surface area (Å²) in [5, 5.41) is 9.49. The first-order valence-electron chi connectivity index (χ1n) is 8.09. The van der Waals surface area contributed by atoms with Gasteiger partial charge in [0.05, 0.1) is 12.5 Å². The van der Waals surface area contributed by atoms with E-state index < -0.39 is 5.97 Å². The summed E-state index contributed by atoms with van der Waals surface area (Å²) < 4.78 is 5.72. The predicted octanol–water partition coefficient (Wildman–Crippen LogP) is 4.08. The Labute approximate surface area is 126 Å². The van der Waals surface area contributed by atoms with Crippen LogP contribution in [0.2, 0.25) is 0 Å². The molecular weight excluding hydrogens is 264 g/mol. The van der Waals surface area contributed by atoms with Crippen molar-refractivity contribution < 1.29 is 14.6 Å². The van der Waals surface area contributed by atoms with Crippen molar-refractivity contribution in [1.29, 1.82) is 0 Å². The molecule has 1 aromatic rings. The van der Waals surface area contributed by atoms with Gasteiger partial charge in [0, 0.05) is 0 Å². The van der Waals surface area contributed by atoms with Crippen molar-refractivity contribution >= 4 is 5.97 Å². The van der Waals surface area contributed by atoms with Gasteiger partial charge in [-0.3, -0.25) is 4.79 Å². The summed E-state index contributed by atoms with van der Waals surface area (Å²) in [6.45, 7) is 3.00. The highest BCUT2D eigenvalue weighted by atomic mass is 16.5. The van der Waals surface area contributed by atoms with Crippen LogP contribution in [0.5, 0.6) is 5.75 Å². The Morgan fingerprint density at radius 2 is 2.10 bits per heavy atom. The highest BCUT2D eigenvalue weighted by Crippen LogP contribution is 2.43. The molecule has 0 saturated heterocycles. The molecule has 0 aromatic heterocycles. The van der Waals surface area contributed by atoms with Crippen LogP contribution in [-0.4, -0.2) is 17.7 Å². The molecule has 1 aromatic carbocycles. The van der Waals surface area contributed by atoms with Gasteiger partial charge in [0.25, 0.3) is 0 Å². The van der Waals surface area contributed by atoms with E-state index in [9.17, 15) is 9.90 Å². The van der Waals surface area contributed by atoms with Gasteiger partial charge in [-0.25, -0.2) is 0 Å². The molecule has 4 atom stereocenters. The zero-order chi connectivity index (χ0) is 14.8. The Kier molecular flexibility index (Phi) is 4.18. The van der Waals surface area contributed by atoms with Crippen molar-refractivity contribution in [2.24, 2.45) is 17.8 Å². The van der Waals surface area contributed by atoms with Gasteiger partial charge in [0.15, 0.2) is 0 Å². The molecule has 1 aliphatic carbocycles. The molecule has 114 valence electrons. The van der Waals surface area contributed by atoms with E-state index in [0.29, 0.717) is 17.8 Å². The third-order valence-corrected chi connectivity index (χ3v) is 5.23. The lowest BCUT2D eigenvalue weighted by molar-refractivity contribution is -0.145. The van der Waals surface area contributed by atoms with Crippen LogP contribution in [0.15, 0.2) is 24.3 Å². The second-order valence-electron chi connectivity index (χ2n) is 6.73. The molecule has 0 spiro atoms. The third-order valence-electron chi connectivity index (χ3n) is 5.23. The third kappa shape index (κ3) is 3.07. The SMILES string of the molecule is CC1CCC(C(=O)O)C(CC2CCOc3ccccc32)C1. The second kappa shape index (κ2) is 6.08. The summed E-state index contributed by atoms with van der Waals surface area (Å²) in [4.78, 5) is 11.5. The fourth-order valence-electron chi connectivity index (χ4n) is 4.11. The molecule has 3 rings (SSSR count). The molecule has 1 N–H and O–H groups in total. The largest absolute Gasteiger partial charge is 0.493 e. The smallest absolute Gasteiger partial charge is 0.306 e. The Bertz CT molecular complexity index is 511. The zero-order valence-corrected chi connectivity index (χ0v) is 12.6. The summed E-state index contributed by atoms with van der Waals surface area (Å²) in [5.74, 6) is 1.64. The van der Waals surface area contributed by atoms with Gasteiger partial charge in [-0.1, -0.05) is 25.1 Å². The van der Waals surface area contributed by atoms with Crippen LogP contribution in [0.1, 0.15) is 50.5 Å². The zero-order valence-electron chi connectivity index (χ0n) is 12.6. The van der Waals surface area contributed by atoms with E-state index >= 15 is 0 Å². The van der Waals surface area contributed by atoms with Crippen LogP contribution in [0.4, 0.5) is 0 Å². The van der Waals surface area contributed by atoms with E-state index in [1.165, 1.54) is 5.56 Å². The van der Waals surface area contributed by atoms with Crippen LogP contribution in [0, 0.1) is 17.8 Å². The van der Waals surface area contributed by atoms with Crippen LogP contribution >= 0.6 is 0 Å². The van der Waals surface area contributed by atoms with E-state index in [4.69, 9.17) is 4.74 Å². The Hall–Kier alpha value is -1.51. The fraction of sp³-hybridized carbons (Fsp3) is 0.611. The Balaban J connectivity index is 1.77. The molecule has 0 radical (unpaired) electrons. The molecule has 4 unspecified atom stereocenters. The van der Waals surface area contributed by atoms with Crippen molar-refractivity contribution in [2.75, 3.05) is 6.61 Å². The first kappa shape index (κ1) is 14.4. The van der Waals surface area contributed by atoms with Crippen molar-refractivity contribution in [3.63, 3.8) is 0 Å². The highest BCUT2D eigenvalue weighted by Gasteiger charge is 2.36. The van der Waals surface area contributed by atoms with Crippen LogP contribution in [0.3, 0.4) is 0 Å². The fourth-order valence-corrected chi connectivity index (χ4v) is 4.11. The number of fused-ring (bicyclic) bond motifs is 1. The number of carbonyl (C=O) groups is 1. The van der Waals surface area contributed by atoms with Gasteiger partial charge < -0.3 is 9.84 Å². The first-order chi connectivity index (χ1) is 10.1. The molecule has 1 fully saturated rings. The molecule has 1 heterocycles. The van der Waals surface area contributed by atoms with E-state index in [1.54, 1.807) is 0 Å². The number of carboxylic acids is 1. The summed E-state index contributed by atoms with van der Waals surface area (Å²) in [6.07, 6.45) is 4.94. The summed E-state index contributed by atoms with van der Waals surface area (Å²) >= 11 is 0. The molecule has 3 nitrogen and oxygen atoms in total. The van der Waals surface area contributed by atoms with Crippen molar-refractivity contribution in [3.8, 4) is 5.75 Å². The molecule has 1 saturated carbocycles. The second-order valence-corrected chi connectivity index (χ2v) is 6.73. The van der Waals surface area contributed by atoms with Gasteiger partial charge in [-0.15, -0.1) is 0 Å². The highest BCUT2D eigenvalue weighted by molar-refractivity contribution is 5.70. The van der Waals surface area contributed by atoms with E-state index in [1.807, 2.05) is 12.1 Å². The van der Waals surface area contributed by atoms with Crippen LogP contribution in [-0.2, 0) is 4.79 Å². The molecule has 0 amide bonds. The molecule has 2 aliphatic rings. The Morgan fingerprint density at radius 1 is 1.29 bits per heavy atom. The lowest BCUT2D eigenvalue weighted by Crippen LogP contribution is -2.31. The topological polar surface area (TPSA) is 46.5 Å². The average Bonchev–Trinajstić information content (AvgIpc) is 2.47. The summed E-state index contributed by atoms with van der Waals surface area (Å²) in [7, 11) is 0. The number of hydrogen-bond donors (Lipinski definition) is 1. The number of hydrogen-bond acceptors (Lipinski definition) is 2. The van der Waals surface area contributed by atoms with Gasteiger partial charge in [-0.05, 0) is 61.5 Å². The number of para-hydroxylation sites is 1. The maximum atomic E-state index is 11.5. The van der Waals surface area contributed by atoms with Gasteiger partial charge >= 0.3 is 5.97 Å². The van der Waals surface area contributed by atoms with E-state index in [0.717, 1.165) is 44.5 Å². The van der Waals surface area contributed by atoms with Crippen LogP contribution < -0.4 is 4.74 Å². The molecule has 21 heavy (non-hydrogen) atoms. The lowest BCUT2D eigenvalue weighted by atomic mass is 9.70. The summed E-state index contributed by atoms with van der Waals surface area (Å²) in [6, 6.07) is 8.23. The van der Waals surface area contributed by atoms with Crippen molar-refractivity contribution in [1.82, 2.24) is 0 Å². The van der Waals surface area contributed by atoms with E-state index in [-0.39, 0.29) is 5.92 Å². The molecule has 1 aliphatic heterocycles. The number of aliphatic carboxylic acids is 1. The minimum Gasteiger partial charge on any atom is -0.493 e. The quantitative estimate of drug-likeness (QED) is 0.911. The monoisotopic (exact) mass is 288 g/mol. The maximum Gasteiger partial charge on any atom is 0.306 e. The number of ether oxygens (including phenoxy) is 1. The normalized spacial score (nSPS) is 32.0. The predicted molar refractivity (Wildman–Crippen MR) is 81.5 cm³/mol. The van der Waals surface area contributed by atoms with Gasteiger partial charge in [0.1, 0.15) is 5.75 Å². The Morgan fingerprint density at radius 3 is 2.90 bits per heavy atom. The standard InChI is InChI=1S/C18H24O3/c1-12-6-7-16(18(19)20)14(10-12)11-13-8-9-21-17-5-3-2-4-15(13)17/h2-5,12-14,16H,6-11H2,1H3,(H,19,20). The van der Waals surface area contributed by atoms with Crippen molar-refractivity contribution in [3.05, 3.63) is 29.8 Å². The minimum atomic E-state index is -0.604. The number of carboxylic acid groups (broad SMARTS) is 1. The number of benzene rings is 1. The van der Waals surface area contributed by atoms with Gasteiger partial charge in [-0.2, -0.15) is 0 Å². The first-order valence-corrected chi connectivity index (χ1v) is 8.09. The minimum absolute atomic E-state index is 0.156. The lowest BCUT2D eigenvalue weighted by Gasteiger charge is -2.36. The molecule has 3 heteroatoms. The van der Waals surface area contributed by atoms with E-state index in [2.05, 4.69) is 19.1 Å². The molecule has 0 bridgehead atoms. The van der Waals surface area contributed by atoms with Gasteiger partial charge in [0.2, 0.25) is 0 Å². The van der Waals surface area contributed by atoms with Crippen molar-refractivity contribution in [2.45, 2.75) is 44.9 Å². The van der Waals surface area contributed by atoms with Crippen LogP contribution in [0.25, 0.3) is 0 Å². The average molecular weight is 288 g/mol. The maximum absolute atomic E-state index is 11.5. The number of rotatable bonds is 3. The molecular formula is C18H24O3.